The molecule has 0 spiro atoms. The second kappa shape index (κ2) is 32.5. The van der Waals surface area contributed by atoms with E-state index in [0.717, 1.165) is 25.0 Å². The van der Waals surface area contributed by atoms with Crippen molar-refractivity contribution in [2.75, 3.05) is 52.9 Å². The van der Waals surface area contributed by atoms with E-state index in [1.807, 2.05) is 0 Å². The standard InChI is InChI=1S/C66H84O38/c1-22(71)89-14-23-3-7-28-32(19-94-60(40(23)28)102-64-52(81)48(77)44(73)36(11-68)98-64)56(86)91-16-25-5-9-30-34(21-96-62(42(25)30)104-66-54(83)50(79)46(75)38(13-70)100-66)58(88)92-17-26-4-8-29-33(20-95-61(41(26)29)103-65-53(82)49(78)45(74)37(12-69)99-65)57(87)90-15-24-2-6-27-31(55(84)85)18-93-59(39(24)27)101-63-51(80)47(76)43(72)35(10-67)97-63/h2-5,18-21,27-30,35-54,59-70,72-83H,6-17H2,1H3,(H,84,85)/t27-,28-,29-,30-,35-,36-,37-,38-,39-,40-,41-,42-,43-,44-,45-,46-,47+,48+,49+,50+,51-,52-,53-,54-,59+,60+,61+,62+,63+,64+,65+,66+/m0/s1. The number of aliphatic carboxylic acids is 1. The van der Waals surface area contributed by atoms with E-state index < -0.39 is 271 Å². The summed E-state index contributed by atoms with van der Waals surface area (Å²) in [6.45, 7) is -4.02. The summed E-state index contributed by atoms with van der Waals surface area (Å²) < 4.78 is 93.5. The van der Waals surface area contributed by atoms with Gasteiger partial charge in [0.15, 0.2) is 25.2 Å². The summed E-state index contributed by atoms with van der Waals surface area (Å²) in [5, 5.41) is 178. The summed E-state index contributed by atoms with van der Waals surface area (Å²) in [7, 11) is 0. The zero-order valence-electron chi connectivity index (χ0n) is 55.3. The molecule has 0 bridgehead atoms. The average molecular weight is 1490 g/mol. The van der Waals surface area contributed by atoms with Crippen molar-refractivity contribution in [1.82, 2.24) is 0 Å². The quantitative estimate of drug-likeness (QED) is 0.0243. The Kier molecular flexibility index (Phi) is 24.1. The number of rotatable bonds is 24. The lowest BCUT2D eigenvalue weighted by atomic mass is 9.82. The minimum atomic E-state index is -1.95. The molecule has 0 saturated carbocycles. The van der Waals surface area contributed by atoms with E-state index in [1.54, 1.807) is 24.3 Å². The van der Waals surface area contributed by atoms with Crippen LogP contribution in [0.1, 0.15) is 32.6 Å². The minimum Gasteiger partial charge on any atom is -0.478 e. The van der Waals surface area contributed by atoms with Crippen molar-refractivity contribution in [2.24, 2.45) is 47.3 Å². The number of ether oxygens (including phenoxy) is 16. The highest BCUT2D eigenvalue weighted by Gasteiger charge is 2.57. The Bertz CT molecular complexity index is 3410. The topological polar surface area (TPSA) is 577 Å². The Hall–Kier alpha value is -6.49. The smallest absolute Gasteiger partial charge is 0.337 e. The van der Waals surface area contributed by atoms with Crippen LogP contribution in [0.25, 0.3) is 0 Å². The Morgan fingerprint density at radius 3 is 0.798 bits per heavy atom. The first-order valence-electron chi connectivity index (χ1n) is 33.7. The van der Waals surface area contributed by atoms with Crippen molar-refractivity contribution in [3.63, 3.8) is 0 Å². The highest BCUT2D eigenvalue weighted by molar-refractivity contribution is 5.91. The lowest BCUT2D eigenvalue weighted by molar-refractivity contribution is -0.339. The van der Waals surface area contributed by atoms with Crippen molar-refractivity contribution in [3.8, 4) is 0 Å². The third-order valence-electron chi connectivity index (χ3n) is 21.0. The fourth-order valence-electron chi connectivity index (χ4n) is 15.3. The molecule has 0 aromatic rings. The molecule has 4 fully saturated rings. The number of aliphatic hydroxyl groups excluding tert-OH is 16. The Morgan fingerprint density at radius 2 is 0.567 bits per heavy atom. The molecule has 576 valence electrons. The molecule has 0 aromatic carbocycles. The van der Waals surface area contributed by atoms with Gasteiger partial charge in [0.05, 0.1) is 97.4 Å². The molecule has 4 aliphatic carbocycles. The number of carboxylic acid groups (broad SMARTS) is 1. The van der Waals surface area contributed by atoms with Gasteiger partial charge in [0.25, 0.3) is 0 Å². The zero-order chi connectivity index (χ0) is 74.4. The maximum atomic E-state index is 14.7. The Balaban J connectivity index is 0.756. The van der Waals surface area contributed by atoms with Crippen LogP contribution < -0.4 is 0 Å². The molecule has 8 aliphatic heterocycles. The third-order valence-corrected chi connectivity index (χ3v) is 21.0. The first kappa shape index (κ1) is 77.1. The summed E-state index contributed by atoms with van der Waals surface area (Å²) in [4.78, 5) is 68.0. The van der Waals surface area contributed by atoms with Crippen LogP contribution in [-0.4, -0.2) is 317 Å². The molecule has 4 saturated heterocycles. The van der Waals surface area contributed by atoms with Crippen molar-refractivity contribution < 1.29 is 187 Å². The van der Waals surface area contributed by atoms with E-state index in [-0.39, 0.29) is 71.3 Å². The summed E-state index contributed by atoms with van der Waals surface area (Å²) in [5.74, 6) is -12.8. The highest BCUT2D eigenvalue weighted by Crippen LogP contribution is 2.50. The van der Waals surface area contributed by atoms with Crippen molar-refractivity contribution in [1.29, 1.82) is 0 Å². The van der Waals surface area contributed by atoms with Crippen LogP contribution in [-0.2, 0) is 99.8 Å². The normalized spacial score (nSPS) is 42.9. The number of carbonyl (C=O) groups excluding carboxylic acids is 4. The molecule has 0 amide bonds. The molecule has 0 aromatic heterocycles. The monoisotopic (exact) mass is 1480 g/mol. The van der Waals surface area contributed by atoms with E-state index in [0.29, 0.717) is 5.57 Å². The maximum absolute atomic E-state index is 14.7. The van der Waals surface area contributed by atoms with Gasteiger partial charge >= 0.3 is 29.8 Å². The van der Waals surface area contributed by atoms with E-state index in [9.17, 15) is 111 Å². The second-order valence-corrected chi connectivity index (χ2v) is 27.0. The van der Waals surface area contributed by atoms with Gasteiger partial charge in [-0.05, 0) is 48.0 Å². The Morgan fingerprint density at radius 1 is 0.337 bits per heavy atom. The van der Waals surface area contributed by atoms with Crippen LogP contribution >= 0.6 is 0 Å². The SMILES string of the molecule is CC(=O)OCC1=CC[C@H]2C(C(=O)OCC3=CC[C@H]4C(C(=O)OCC5=CC[C@H]6C(C(=O)OCC7=CC[C@H]8C(C(=O)O)=CO[C@H](O[C@H]9O[C@@H](CO)[C@H](O)[C@@H](O)[C@@H]9O)[C@@H]78)=CO[C@H](O[C@H]7O[C@@H](CO)[C@H](O)[C@@H](O)[C@@H]7O)[C@@H]56)=CO[C@H](O[C@H]5O[C@@H](CO)[C@H](O)[C@@H](O)[C@@H]5O)[C@@H]34)=CO[C@H](O[C@H]3O[C@@H](CO)[C@H](O)[C@@H](O)[C@@H]3O)[C@@H]12. The lowest BCUT2D eigenvalue weighted by Crippen LogP contribution is -2.60. The van der Waals surface area contributed by atoms with Gasteiger partial charge in [0.2, 0.25) is 25.2 Å². The third kappa shape index (κ3) is 15.1. The second-order valence-electron chi connectivity index (χ2n) is 27.0. The van der Waals surface area contributed by atoms with Gasteiger partial charge in [-0.15, -0.1) is 0 Å². The summed E-state index contributed by atoms with van der Waals surface area (Å²) >= 11 is 0. The molecule has 0 unspecified atom stereocenters. The van der Waals surface area contributed by atoms with Gasteiger partial charge in [-0.3, -0.25) is 4.79 Å². The van der Waals surface area contributed by atoms with Crippen molar-refractivity contribution in [2.45, 2.75) is 181 Å². The summed E-state index contributed by atoms with van der Waals surface area (Å²) in [6.07, 6.45) is -30.0. The van der Waals surface area contributed by atoms with Crippen LogP contribution in [0.2, 0.25) is 0 Å². The molecule has 17 N–H and O–H groups in total. The molecule has 32 atom stereocenters. The number of aliphatic hydroxyl groups is 16. The molecule has 104 heavy (non-hydrogen) atoms. The molecule has 38 nitrogen and oxygen atoms in total. The van der Waals surface area contributed by atoms with Gasteiger partial charge in [0, 0.05) is 30.6 Å². The average Bonchev–Trinajstić information content (AvgIpc) is 1.55. The molecular weight excluding hydrogens is 1400 g/mol. The lowest BCUT2D eigenvalue weighted by Gasteiger charge is -2.43. The maximum Gasteiger partial charge on any atom is 0.337 e. The van der Waals surface area contributed by atoms with Crippen LogP contribution in [0, 0.1) is 47.3 Å². The van der Waals surface area contributed by atoms with Crippen LogP contribution in [0.5, 0.6) is 0 Å². The number of carbonyl (C=O) groups is 5. The molecule has 12 rings (SSSR count). The van der Waals surface area contributed by atoms with Crippen LogP contribution in [0.4, 0.5) is 0 Å². The number of hydrogen-bond donors (Lipinski definition) is 17. The predicted octanol–water partition coefficient (Wildman–Crippen LogP) is -7.26. The van der Waals surface area contributed by atoms with E-state index in [1.165, 1.54) is 6.92 Å². The molecule has 8 heterocycles. The largest absolute Gasteiger partial charge is 0.478 e. The fourth-order valence-corrected chi connectivity index (χ4v) is 15.3. The zero-order valence-corrected chi connectivity index (χ0v) is 55.3. The van der Waals surface area contributed by atoms with E-state index in [4.69, 9.17) is 75.8 Å². The number of carboxylic acids is 1. The van der Waals surface area contributed by atoms with Gasteiger partial charge in [-0.2, -0.15) is 0 Å². The van der Waals surface area contributed by atoms with Crippen LogP contribution in [0.15, 0.2) is 93.9 Å². The molecule has 12 aliphatic rings. The Labute approximate surface area is 589 Å². The fraction of sp³-hybridized carbons (Fsp3) is 0.682. The molecule has 38 heteroatoms. The summed E-state index contributed by atoms with van der Waals surface area (Å²) in [5.41, 5.74) is 0.690. The number of hydrogen-bond acceptors (Lipinski definition) is 37. The summed E-state index contributed by atoms with van der Waals surface area (Å²) in [6, 6.07) is 0. The number of fused-ring (bicyclic) bond motifs is 4. The van der Waals surface area contributed by atoms with Gasteiger partial charge in [-0.1, -0.05) is 24.3 Å². The van der Waals surface area contributed by atoms with Crippen LogP contribution in [0.3, 0.4) is 0 Å². The van der Waals surface area contributed by atoms with Gasteiger partial charge in [0.1, 0.15) is 124 Å². The van der Waals surface area contributed by atoms with E-state index in [2.05, 4.69) is 0 Å². The van der Waals surface area contributed by atoms with E-state index >= 15 is 0 Å². The van der Waals surface area contributed by atoms with Gasteiger partial charge in [-0.25, -0.2) is 19.2 Å². The van der Waals surface area contributed by atoms with Crippen molar-refractivity contribution >= 4 is 29.8 Å². The predicted molar refractivity (Wildman–Crippen MR) is 327 cm³/mol. The minimum absolute atomic E-state index is 0.00547. The highest BCUT2D eigenvalue weighted by atomic mass is 16.8. The number of allylic oxidation sites excluding steroid dienone is 4. The first-order valence-corrected chi connectivity index (χ1v) is 33.7. The molecule has 0 radical (unpaired) electrons. The molecular formula is C66H84O38. The number of esters is 4. The first-order chi connectivity index (χ1) is 49.8. The van der Waals surface area contributed by atoms with Gasteiger partial charge < -0.3 is 163 Å². The van der Waals surface area contributed by atoms with Crippen molar-refractivity contribution in [3.05, 3.63) is 93.9 Å².